The minimum absolute atomic E-state index is 0.0301. The zero-order valence-electron chi connectivity index (χ0n) is 16.2. The number of nitrogens with zero attached hydrogens (tertiary/aromatic N) is 1. The number of aryl methyl sites for hydroxylation is 1. The highest BCUT2D eigenvalue weighted by Crippen LogP contribution is 2.29. The summed E-state index contributed by atoms with van der Waals surface area (Å²) in [5.74, 6) is -0.659. The van der Waals surface area contributed by atoms with E-state index in [-0.39, 0.29) is 43.1 Å². The number of carbonyl (C=O) groups is 3. The number of para-hydroxylation sites is 2. The first-order chi connectivity index (χ1) is 13.5. The molecular formula is C22H25N3O3. The smallest absolute Gasteiger partial charge is 0.244 e. The molecule has 146 valence electrons. The number of carbonyl (C=O) groups excluding carboxylic acids is 3. The first kappa shape index (κ1) is 19.6. The second-order valence-corrected chi connectivity index (χ2v) is 6.93. The molecule has 1 aliphatic heterocycles. The summed E-state index contributed by atoms with van der Waals surface area (Å²) in [4.78, 5) is 38.2. The highest BCUT2D eigenvalue weighted by Gasteiger charge is 2.26. The SMILES string of the molecule is CCc1ccc(C(C)NC(=O)CCC(=O)N2CC(=O)Nc3ccccc32)cc1. The first-order valence-electron chi connectivity index (χ1n) is 9.55. The van der Waals surface area contributed by atoms with Crippen LogP contribution in [-0.2, 0) is 20.8 Å². The lowest BCUT2D eigenvalue weighted by molar-refractivity contribution is -0.126. The van der Waals surface area contributed by atoms with Crippen LogP contribution in [-0.4, -0.2) is 24.3 Å². The lowest BCUT2D eigenvalue weighted by Crippen LogP contribution is -2.42. The molecule has 0 aliphatic carbocycles. The normalized spacial score (nSPS) is 14.1. The Labute approximate surface area is 164 Å². The number of anilines is 2. The quantitative estimate of drug-likeness (QED) is 0.809. The molecule has 0 radical (unpaired) electrons. The number of hydrogen-bond donors (Lipinski definition) is 2. The summed E-state index contributed by atoms with van der Waals surface area (Å²) in [7, 11) is 0. The van der Waals surface area contributed by atoms with Crippen LogP contribution in [0.5, 0.6) is 0 Å². The summed E-state index contributed by atoms with van der Waals surface area (Å²) in [5, 5.41) is 5.68. The van der Waals surface area contributed by atoms with Crippen molar-refractivity contribution in [2.24, 2.45) is 0 Å². The third-order valence-corrected chi connectivity index (χ3v) is 4.90. The van der Waals surface area contributed by atoms with Crippen molar-refractivity contribution >= 4 is 29.1 Å². The molecule has 1 aliphatic rings. The third kappa shape index (κ3) is 4.57. The summed E-state index contributed by atoms with van der Waals surface area (Å²) in [6.45, 7) is 3.99. The van der Waals surface area contributed by atoms with E-state index in [0.717, 1.165) is 12.0 Å². The van der Waals surface area contributed by atoms with Crippen LogP contribution in [0.3, 0.4) is 0 Å². The molecule has 0 saturated carbocycles. The Kier molecular flexibility index (Phi) is 6.09. The summed E-state index contributed by atoms with van der Waals surface area (Å²) in [6.07, 6.45) is 1.10. The maximum Gasteiger partial charge on any atom is 0.244 e. The van der Waals surface area contributed by atoms with Gasteiger partial charge in [-0.3, -0.25) is 14.4 Å². The molecule has 0 bridgehead atoms. The van der Waals surface area contributed by atoms with Gasteiger partial charge >= 0.3 is 0 Å². The number of nitrogens with one attached hydrogen (secondary N) is 2. The second-order valence-electron chi connectivity index (χ2n) is 6.93. The van der Waals surface area contributed by atoms with E-state index in [1.54, 1.807) is 18.2 Å². The van der Waals surface area contributed by atoms with Gasteiger partial charge in [0.1, 0.15) is 6.54 Å². The van der Waals surface area contributed by atoms with Crippen LogP contribution in [0.25, 0.3) is 0 Å². The van der Waals surface area contributed by atoms with Crippen molar-refractivity contribution in [2.75, 3.05) is 16.8 Å². The maximum absolute atomic E-state index is 12.6. The van der Waals surface area contributed by atoms with Gasteiger partial charge in [0, 0.05) is 12.8 Å². The minimum Gasteiger partial charge on any atom is -0.350 e. The Morgan fingerprint density at radius 1 is 1.11 bits per heavy atom. The van der Waals surface area contributed by atoms with Gasteiger partial charge in [0.25, 0.3) is 0 Å². The summed E-state index contributed by atoms with van der Waals surface area (Å²) < 4.78 is 0. The molecule has 1 unspecified atom stereocenters. The van der Waals surface area contributed by atoms with E-state index < -0.39 is 0 Å². The number of hydrogen-bond acceptors (Lipinski definition) is 3. The monoisotopic (exact) mass is 379 g/mol. The standard InChI is InChI=1S/C22H25N3O3/c1-3-16-8-10-17(11-9-16)15(2)23-20(26)12-13-22(28)25-14-21(27)24-18-6-4-5-7-19(18)25/h4-11,15H,3,12-14H2,1-2H3,(H,23,26)(H,24,27). The molecule has 3 rings (SSSR count). The molecule has 0 saturated heterocycles. The molecule has 2 aromatic carbocycles. The molecule has 0 spiro atoms. The van der Waals surface area contributed by atoms with Crippen molar-refractivity contribution in [3.63, 3.8) is 0 Å². The Balaban J connectivity index is 1.55. The van der Waals surface area contributed by atoms with Gasteiger partial charge in [-0.25, -0.2) is 0 Å². The van der Waals surface area contributed by atoms with E-state index in [0.29, 0.717) is 11.4 Å². The summed E-state index contributed by atoms with van der Waals surface area (Å²) in [6, 6.07) is 15.2. The molecular weight excluding hydrogens is 354 g/mol. The Hall–Kier alpha value is -3.15. The van der Waals surface area contributed by atoms with Crippen LogP contribution in [0.2, 0.25) is 0 Å². The van der Waals surface area contributed by atoms with E-state index in [1.165, 1.54) is 10.5 Å². The number of fused-ring (bicyclic) bond motifs is 1. The fraction of sp³-hybridized carbons (Fsp3) is 0.318. The van der Waals surface area contributed by atoms with Gasteiger partial charge in [-0.1, -0.05) is 43.3 Å². The Morgan fingerprint density at radius 3 is 2.54 bits per heavy atom. The van der Waals surface area contributed by atoms with Crippen molar-refractivity contribution in [1.29, 1.82) is 0 Å². The van der Waals surface area contributed by atoms with Crippen LogP contribution < -0.4 is 15.5 Å². The number of amides is 3. The molecule has 3 amide bonds. The first-order valence-corrected chi connectivity index (χ1v) is 9.55. The average molecular weight is 379 g/mol. The van der Waals surface area contributed by atoms with Crippen molar-refractivity contribution in [3.05, 3.63) is 59.7 Å². The van der Waals surface area contributed by atoms with Gasteiger partial charge in [0.2, 0.25) is 17.7 Å². The highest BCUT2D eigenvalue weighted by molar-refractivity contribution is 6.10. The molecule has 6 nitrogen and oxygen atoms in total. The van der Waals surface area contributed by atoms with Gasteiger partial charge in [-0.15, -0.1) is 0 Å². The van der Waals surface area contributed by atoms with Crippen molar-refractivity contribution in [1.82, 2.24) is 5.32 Å². The fourth-order valence-corrected chi connectivity index (χ4v) is 3.25. The molecule has 2 aromatic rings. The Morgan fingerprint density at radius 2 is 1.82 bits per heavy atom. The van der Waals surface area contributed by atoms with E-state index in [1.807, 2.05) is 25.1 Å². The second kappa shape index (κ2) is 8.69. The largest absolute Gasteiger partial charge is 0.350 e. The van der Waals surface area contributed by atoms with E-state index in [2.05, 4.69) is 29.7 Å². The van der Waals surface area contributed by atoms with Crippen molar-refractivity contribution in [3.8, 4) is 0 Å². The summed E-state index contributed by atoms with van der Waals surface area (Å²) in [5.41, 5.74) is 3.55. The predicted octanol–water partition coefficient (Wildman–Crippen LogP) is 3.19. The van der Waals surface area contributed by atoms with E-state index in [9.17, 15) is 14.4 Å². The van der Waals surface area contributed by atoms with Gasteiger partial charge in [0.15, 0.2) is 0 Å². The van der Waals surface area contributed by atoms with Crippen LogP contribution in [0.15, 0.2) is 48.5 Å². The molecule has 0 fully saturated rings. The van der Waals surface area contributed by atoms with Crippen LogP contribution >= 0.6 is 0 Å². The van der Waals surface area contributed by atoms with E-state index >= 15 is 0 Å². The average Bonchev–Trinajstić information content (AvgIpc) is 2.71. The van der Waals surface area contributed by atoms with Gasteiger partial charge < -0.3 is 15.5 Å². The Bertz CT molecular complexity index is 877. The zero-order chi connectivity index (χ0) is 20.1. The van der Waals surface area contributed by atoms with Crippen molar-refractivity contribution in [2.45, 2.75) is 39.2 Å². The third-order valence-electron chi connectivity index (χ3n) is 4.90. The van der Waals surface area contributed by atoms with E-state index in [4.69, 9.17) is 0 Å². The molecule has 28 heavy (non-hydrogen) atoms. The van der Waals surface area contributed by atoms with Crippen LogP contribution in [0.4, 0.5) is 11.4 Å². The topological polar surface area (TPSA) is 78.5 Å². The van der Waals surface area contributed by atoms with Gasteiger partial charge in [0.05, 0.1) is 17.4 Å². The minimum atomic E-state index is -0.239. The van der Waals surface area contributed by atoms with Crippen LogP contribution in [0.1, 0.15) is 43.9 Å². The highest BCUT2D eigenvalue weighted by atomic mass is 16.2. The molecule has 6 heteroatoms. The summed E-state index contributed by atoms with van der Waals surface area (Å²) >= 11 is 0. The lowest BCUT2D eigenvalue weighted by Gasteiger charge is -2.29. The fourth-order valence-electron chi connectivity index (χ4n) is 3.25. The van der Waals surface area contributed by atoms with Gasteiger partial charge in [-0.2, -0.15) is 0 Å². The molecule has 0 aromatic heterocycles. The number of benzene rings is 2. The van der Waals surface area contributed by atoms with Crippen molar-refractivity contribution < 1.29 is 14.4 Å². The maximum atomic E-state index is 12.6. The molecule has 2 N–H and O–H groups in total. The zero-order valence-corrected chi connectivity index (χ0v) is 16.2. The van der Waals surface area contributed by atoms with Gasteiger partial charge in [-0.05, 0) is 36.6 Å². The van der Waals surface area contributed by atoms with Crippen LogP contribution in [0, 0.1) is 0 Å². The number of rotatable bonds is 6. The molecule has 1 heterocycles. The molecule has 1 atom stereocenters. The predicted molar refractivity (Wildman–Crippen MR) is 109 cm³/mol. The lowest BCUT2D eigenvalue weighted by atomic mass is 10.0.